The van der Waals surface area contributed by atoms with Crippen LogP contribution >= 0.6 is 0 Å². The zero-order valence-electron chi connectivity index (χ0n) is 21.5. The van der Waals surface area contributed by atoms with Gasteiger partial charge in [-0.1, -0.05) is 52.9 Å². The largest absolute Gasteiger partial charge is 0.345 e. The van der Waals surface area contributed by atoms with E-state index in [1.54, 1.807) is 6.92 Å². The van der Waals surface area contributed by atoms with Gasteiger partial charge in [-0.2, -0.15) is 0 Å². The number of amides is 3. The van der Waals surface area contributed by atoms with Crippen molar-refractivity contribution in [1.29, 1.82) is 0 Å². The van der Waals surface area contributed by atoms with Gasteiger partial charge in [0.1, 0.15) is 12.1 Å². The zero-order chi connectivity index (χ0) is 25.7. The monoisotopic (exact) mass is 481 g/mol. The minimum absolute atomic E-state index is 0.146. The maximum Gasteiger partial charge on any atom is 0.243 e. The van der Waals surface area contributed by atoms with Crippen molar-refractivity contribution in [1.82, 2.24) is 16.0 Å². The number of carbonyl (C=O) groups excluding carboxylic acids is 4. The molecule has 1 aliphatic carbocycles. The predicted octanol–water partition coefficient (Wildman–Crippen LogP) is 1.38. The van der Waals surface area contributed by atoms with Gasteiger partial charge in [0, 0.05) is 5.92 Å². The lowest BCUT2D eigenvalue weighted by atomic mass is 9.84. The minimum atomic E-state index is -0.820. The molecule has 9 nitrogen and oxygen atoms in total. The average Bonchev–Trinajstić information content (AvgIpc) is 2.79. The number of Topliss-reactive ketones (excluding diaryl/α,β-unsaturated/α-hetero) is 1. The zero-order valence-corrected chi connectivity index (χ0v) is 21.5. The summed E-state index contributed by atoms with van der Waals surface area (Å²) in [4.78, 5) is 51.0. The Morgan fingerprint density at radius 3 is 1.94 bits per heavy atom. The molecule has 34 heavy (non-hydrogen) atoms. The van der Waals surface area contributed by atoms with Crippen LogP contribution in [0.4, 0.5) is 0 Å². The maximum absolute atomic E-state index is 13.3. The van der Waals surface area contributed by atoms with Gasteiger partial charge in [0.05, 0.1) is 6.04 Å². The van der Waals surface area contributed by atoms with E-state index < -0.39 is 24.0 Å². The normalized spacial score (nSPS) is 18.0. The van der Waals surface area contributed by atoms with Crippen LogP contribution < -0.4 is 27.4 Å². The van der Waals surface area contributed by atoms with Crippen LogP contribution in [0, 0.1) is 17.8 Å². The van der Waals surface area contributed by atoms with E-state index in [2.05, 4.69) is 16.0 Å². The Hall–Kier alpha value is -2.00. The Kier molecular flexibility index (Phi) is 14.0. The van der Waals surface area contributed by atoms with Gasteiger partial charge >= 0.3 is 0 Å². The third-order valence-electron chi connectivity index (χ3n) is 6.73. The van der Waals surface area contributed by atoms with Crippen LogP contribution in [0.3, 0.4) is 0 Å². The third kappa shape index (κ3) is 10.5. The fourth-order valence-corrected chi connectivity index (χ4v) is 4.43. The minimum Gasteiger partial charge on any atom is -0.345 e. The van der Waals surface area contributed by atoms with E-state index in [0.29, 0.717) is 44.7 Å². The molecule has 0 radical (unpaired) electrons. The molecule has 1 rings (SSSR count). The number of carbonyl (C=O) groups is 4. The highest BCUT2D eigenvalue weighted by Gasteiger charge is 2.32. The summed E-state index contributed by atoms with van der Waals surface area (Å²) in [5.41, 5.74) is 11.1. The van der Waals surface area contributed by atoms with Crippen LogP contribution in [0.1, 0.15) is 85.5 Å². The first-order valence-electron chi connectivity index (χ1n) is 12.9. The van der Waals surface area contributed by atoms with Crippen LogP contribution in [-0.4, -0.2) is 54.7 Å². The van der Waals surface area contributed by atoms with Gasteiger partial charge in [-0.3, -0.25) is 19.2 Å². The number of ketones is 1. The van der Waals surface area contributed by atoms with Gasteiger partial charge in [-0.25, -0.2) is 0 Å². The molecule has 0 aromatic rings. The fourth-order valence-electron chi connectivity index (χ4n) is 4.43. The summed E-state index contributed by atoms with van der Waals surface area (Å²) in [5.74, 6) is -1.26. The summed E-state index contributed by atoms with van der Waals surface area (Å²) < 4.78 is 0. The highest BCUT2D eigenvalue weighted by Crippen LogP contribution is 2.27. The molecule has 0 aliphatic heterocycles. The standard InChI is InChI=1S/C25H47N5O4/c1-16(2)22(25(34)28-20(18(4)31)11-8-13-26)30-24(33)21(15-19-9-6-5-7-10-19)29-23(32)17(3)12-14-27/h16-17,19-22H,5-15,26-27H2,1-4H3,(H,28,34)(H,29,32)(H,30,33)/t17-,20-,21-,22-/m0/s1. The molecular weight excluding hydrogens is 434 g/mol. The first-order chi connectivity index (χ1) is 16.1. The summed E-state index contributed by atoms with van der Waals surface area (Å²) in [6.45, 7) is 7.73. The second kappa shape index (κ2) is 15.8. The van der Waals surface area contributed by atoms with Gasteiger partial charge < -0.3 is 27.4 Å². The van der Waals surface area contributed by atoms with Crippen molar-refractivity contribution in [3.63, 3.8) is 0 Å². The van der Waals surface area contributed by atoms with Crippen LogP contribution in [0.2, 0.25) is 0 Å². The summed E-state index contributed by atoms with van der Waals surface area (Å²) >= 11 is 0. The first-order valence-corrected chi connectivity index (χ1v) is 12.9. The van der Waals surface area contributed by atoms with Crippen molar-refractivity contribution < 1.29 is 19.2 Å². The molecule has 0 heterocycles. The molecular formula is C25H47N5O4. The van der Waals surface area contributed by atoms with Crippen molar-refractivity contribution in [3.8, 4) is 0 Å². The van der Waals surface area contributed by atoms with Gasteiger partial charge in [0.25, 0.3) is 0 Å². The molecule has 1 aliphatic rings. The third-order valence-corrected chi connectivity index (χ3v) is 6.73. The lowest BCUT2D eigenvalue weighted by Gasteiger charge is -2.30. The Morgan fingerprint density at radius 2 is 1.41 bits per heavy atom. The molecule has 0 spiro atoms. The van der Waals surface area contributed by atoms with Crippen molar-refractivity contribution in [3.05, 3.63) is 0 Å². The van der Waals surface area contributed by atoms with Crippen molar-refractivity contribution >= 4 is 23.5 Å². The lowest BCUT2D eigenvalue weighted by molar-refractivity contribution is -0.135. The van der Waals surface area contributed by atoms with Gasteiger partial charge in [-0.05, 0) is 57.5 Å². The second-order valence-electron chi connectivity index (χ2n) is 10.1. The van der Waals surface area contributed by atoms with Crippen molar-refractivity contribution in [2.45, 2.75) is 104 Å². The number of rotatable bonds is 15. The number of hydrogen-bond donors (Lipinski definition) is 5. The number of hydrogen-bond acceptors (Lipinski definition) is 6. The Bertz CT molecular complexity index is 664. The Morgan fingerprint density at radius 1 is 0.794 bits per heavy atom. The molecule has 3 amide bonds. The van der Waals surface area contributed by atoms with Crippen molar-refractivity contribution in [2.24, 2.45) is 29.2 Å². The quantitative estimate of drug-likeness (QED) is 0.238. The summed E-state index contributed by atoms with van der Waals surface area (Å²) in [5, 5.41) is 8.54. The Labute approximate surface area is 204 Å². The smallest absolute Gasteiger partial charge is 0.243 e. The highest BCUT2D eigenvalue weighted by molar-refractivity contribution is 5.94. The van der Waals surface area contributed by atoms with Crippen LogP contribution in [0.15, 0.2) is 0 Å². The molecule has 196 valence electrons. The van der Waals surface area contributed by atoms with Crippen LogP contribution in [0.25, 0.3) is 0 Å². The fraction of sp³-hybridized carbons (Fsp3) is 0.840. The predicted molar refractivity (Wildman–Crippen MR) is 134 cm³/mol. The molecule has 0 aromatic carbocycles. The van der Waals surface area contributed by atoms with E-state index in [0.717, 1.165) is 25.7 Å². The van der Waals surface area contributed by atoms with Crippen LogP contribution in [0.5, 0.6) is 0 Å². The van der Waals surface area contributed by atoms with E-state index >= 15 is 0 Å². The highest BCUT2D eigenvalue weighted by atomic mass is 16.2. The molecule has 9 heteroatoms. The molecule has 0 unspecified atom stereocenters. The van der Waals surface area contributed by atoms with E-state index in [4.69, 9.17) is 11.5 Å². The van der Waals surface area contributed by atoms with E-state index in [1.807, 2.05) is 13.8 Å². The maximum atomic E-state index is 13.3. The summed E-state index contributed by atoms with van der Waals surface area (Å²) in [7, 11) is 0. The molecule has 7 N–H and O–H groups in total. The Balaban J connectivity index is 2.95. The summed E-state index contributed by atoms with van der Waals surface area (Å²) in [6, 6.07) is -2.17. The lowest BCUT2D eigenvalue weighted by Crippen LogP contribution is -2.57. The molecule has 0 aromatic heterocycles. The molecule has 0 saturated heterocycles. The molecule has 0 bridgehead atoms. The first kappa shape index (κ1) is 30.0. The summed E-state index contributed by atoms with van der Waals surface area (Å²) in [6.07, 6.45) is 7.67. The van der Waals surface area contributed by atoms with E-state index in [-0.39, 0.29) is 29.4 Å². The SMILES string of the molecule is CC(=O)[C@H](CCCN)NC(=O)[C@@H](NC(=O)[C@H](CC1CCCCC1)NC(=O)[C@@H](C)CCN)C(C)C. The topological polar surface area (TPSA) is 156 Å². The molecule has 1 fully saturated rings. The van der Waals surface area contributed by atoms with Gasteiger partial charge in [0.2, 0.25) is 17.7 Å². The van der Waals surface area contributed by atoms with Crippen molar-refractivity contribution in [2.75, 3.05) is 13.1 Å². The van der Waals surface area contributed by atoms with Gasteiger partial charge in [0.15, 0.2) is 5.78 Å². The number of nitrogens with one attached hydrogen (secondary N) is 3. The van der Waals surface area contributed by atoms with E-state index in [1.165, 1.54) is 13.3 Å². The average molecular weight is 482 g/mol. The molecule has 4 atom stereocenters. The van der Waals surface area contributed by atoms with E-state index in [9.17, 15) is 19.2 Å². The number of nitrogens with two attached hydrogens (primary N) is 2. The molecule has 1 saturated carbocycles. The van der Waals surface area contributed by atoms with Gasteiger partial charge in [-0.15, -0.1) is 0 Å². The van der Waals surface area contributed by atoms with Crippen LogP contribution in [-0.2, 0) is 19.2 Å². The second-order valence-corrected chi connectivity index (χ2v) is 10.1.